The van der Waals surface area contributed by atoms with Crippen molar-refractivity contribution in [2.75, 3.05) is 29.2 Å². The highest BCUT2D eigenvalue weighted by molar-refractivity contribution is 7.99. The van der Waals surface area contributed by atoms with Crippen LogP contribution in [0.3, 0.4) is 0 Å². The molecule has 19 heavy (non-hydrogen) atoms. The highest BCUT2D eigenvalue weighted by Gasteiger charge is 2.06. The van der Waals surface area contributed by atoms with Gasteiger partial charge in [-0.2, -0.15) is 11.8 Å². The van der Waals surface area contributed by atoms with E-state index in [0.717, 1.165) is 22.8 Å². The largest absolute Gasteiger partial charge is 0.399 e. The molecule has 0 fully saturated rings. The van der Waals surface area contributed by atoms with E-state index in [1.165, 1.54) is 0 Å². The summed E-state index contributed by atoms with van der Waals surface area (Å²) >= 11 is 1.69. The molecule has 1 unspecified atom stereocenters. The first-order valence-corrected chi connectivity index (χ1v) is 7.53. The molecule has 0 radical (unpaired) electrons. The van der Waals surface area contributed by atoms with E-state index in [9.17, 15) is 4.79 Å². The second-order valence-corrected chi connectivity index (χ2v) is 5.89. The lowest BCUT2D eigenvalue weighted by atomic mass is 10.2. The van der Waals surface area contributed by atoms with Crippen molar-refractivity contribution in [3.63, 3.8) is 0 Å². The summed E-state index contributed by atoms with van der Waals surface area (Å²) in [6.07, 6.45) is 0.469. The first kappa shape index (κ1) is 15.9. The van der Waals surface area contributed by atoms with Crippen LogP contribution in [0.15, 0.2) is 18.2 Å². The third-order valence-corrected chi connectivity index (χ3v) is 4.02. The number of benzene rings is 1. The lowest BCUT2D eigenvalue weighted by Gasteiger charge is -2.10. The predicted molar refractivity (Wildman–Crippen MR) is 82.4 cm³/mol. The van der Waals surface area contributed by atoms with E-state index in [4.69, 9.17) is 10.8 Å². The van der Waals surface area contributed by atoms with Crippen LogP contribution in [-0.2, 0) is 4.79 Å². The van der Waals surface area contributed by atoms with Gasteiger partial charge in [0.25, 0.3) is 0 Å². The number of thioether (sulfide) groups is 1. The lowest BCUT2D eigenvalue weighted by Crippen LogP contribution is -2.14. The molecule has 1 amide bonds. The summed E-state index contributed by atoms with van der Waals surface area (Å²) in [7, 11) is 0. The van der Waals surface area contributed by atoms with Gasteiger partial charge in [-0.25, -0.2) is 0 Å². The van der Waals surface area contributed by atoms with Gasteiger partial charge < -0.3 is 16.2 Å². The van der Waals surface area contributed by atoms with Gasteiger partial charge in [-0.05, 0) is 36.3 Å². The van der Waals surface area contributed by atoms with Crippen molar-refractivity contribution in [3.8, 4) is 0 Å². The van der Waals surface area contributed by atoms with Gasteiger partial charge in [0.1, 0.15) is 0 Å². The number of nitrogen functional groups attached to an aromatic ring is 1. The molecular formula is C14H22N2O2S. The number of aliphatic hydroxyl groups excluding tert-OH is 1. The van der Waals surface area contributed by atoms with Crippen molar-refractivity contribution in [2.24, 2.45) is 5.92 Å². The normalized spacial score (nSPS) is 12.2. The van der Waals surface area contributed by atoms with Crippen molar-refractivity contribution in [3.05, 3.63) is 23.8 Å². The van der Waals surface area contributed by atoms with Gasteiger partial charge >= 0.3 is 0 Å². The molecule has 1 atom stereocenters. The number of nitrogens with one attached hydrogen (secondary N) is 1. The molecule has 0 bridgehead atoms. The van der Waals surface area contributed by atoms with Crippen LogP contribution >= 0.6 is 11.8 Å². The molecule has 1 rings (SSSR count). The first-order valence-electron chi connectivity index (χ1n) is 6.37. The van der Waals surface area contributed by atoms with Crippen LogP contribution in [0.2, 0.25) is 0 Å². The fraction of sp³-hybridized carbons (Fsp3) is 0.500. The Morgan fingerprint density at radius 1 is 1.53 bits per heavy atom. The maximum atomic E-state index is 11.8. The molecule has 5 heteroatoms. The molecular weight excluding hydrogens is 260 g/mol. The van der Waals surface area contributed by atoms with Crippen molar-refractivity contribution in [1.82, 2.24) is 0 Å². The zero-order valence-electron chi connectivity index (χ0n) is 11.5. The number of amides is 1. The van der Waals surface area contributed by atoms with E-state index in [-0.39, 0.29) is 18.4 Å². The SMILES string of the molecule is Cc1ccc(N)cc1NC(=O)CCSCC(C)CO. The fourth-order valence-electron chi connectivity index (χ4n) is 1.49. The number of carbonyl (C=O) groups excluding carboxylic acids is 1. The van der Waals surface area contributed by atoms with Crippen LogP contribution in [0, 0.1) is 12.8 Å². The zero-order valence-corrected chi connectivity index (χ0v) is 12.3. The van der Waals surface area contributed by atoms with Crippen molar-refractivity contribution < 1.29 is 9.90 Å². The van der Waals surface area contributed by atoms with Crippen molar-refractivity contribution in [1.29, 1.82) is 0 Å². The van der Waals surface area contributed by atoms with Gasteiger partial charge in [-0.1, -0.05) is 13.0 Å². The Bertz CT molecular complexity index is 424. The summed E-state index contributed by atoms with van der Waals surface area (Å²) in [6, 6.07) is 5.48. The fourth-order valence-corrected chi connectivity index (χ4v) is 2.49. The molecule has 106 valence electrons. The molecule has 4 N–H and O–H groups in total. The Balaban J connectivity index is 2.33. The van der Waals surface area contributed by atoms with Gasteiger partial charge in [0.2, 0.25) is 5.91 Å². The number of aliphatic hydroxyl groups is 1. The average Bonchev–Trinajstić information content (AvgIpc) is 2.38. The number of nitrogens with two attached hydrogens (primary N) is 1. The Labute approximate surface area is 118 Å². The number of hydrogen-bond acceptors (Lipinski definition) is 4. The molecule has 0 aliphatic carbocycles. The average molecular weight is 282 g/mol. The lowest BCUT2D eigenvalue weighted by molar-refractivity contribution is -0.115. The molecule has 0 aliphatic rings. The highest BCUT2D eigenvalue weighted by Crippen LogP contribution is 2.18. The minimum Gasteiger partial charge on any atom is -0.399 e. The van der Waals surface area contributed by atoms with Gasteiger partial charge in [0.15, 0.2) is 0 Å². The standard InChI is InChI=1S/C14H22N2O2S/c1-10(8-17)9-19-6-5-14(18)16-13-7-12(15)4-3-11(13)2/h3-4,7,10,17H,5-6,8-9,15H2,1-2H3,(H,16,18). The summed E-state index contributed by atoms with van der Waals surface area (Å²) in [4.78, 5) is 11.8. The minimum absolute atomic E-state index is 0.00199. The van der Waals surface area contributed by atoms with Crippen LogP contribution in [-0.4, -0.2) is 29.1 Å². The number of rotatable bonds is 7. The van der Waals surface area contributed by atoms with Gasteiger partial charge in [-0.3, -0.25) is 4.79 Å². The molecule has 1 aromatic rings. The molecule has 4 nitrogen and oxygen atoms in total. The maximum Gasteiger partial charge on any atom is 0.225 e. The Morgan fingerprint density at radius 2 is 2.26 bits per heavy atom. The van der Waals surface area contributed by atoms with Gasteiger partial charge in [0, 0.05) is 30.2 Å². The summed E-state index contributed by atoms with van der Waals surface area (Å²) < 4.78 is 0. The number of aryl methyl sites for hydroxylation is 1. The van der Waals surface area contributed by atoms with Crippen molar-refractivity contribution in [2.45, 2.75) is 20.3 Å². The Morgan fingerprint density at radius 3 is 2.95 bits per heavy atom. The molecule has 1 aromatic carbocycles. The second-order valence-electron chi connectivity index (χ2n) is 4.74. The highest BCUT2D eigenvalue weighted by atomic mass is 32.2. The molecule has 0 aliphatic heterocycles. The van der Waals surface area contributed by atoms with E-state index < -0.39 is 0 Å². The van der Waals surface area contributed by atoms with Crippen LogP contribution in [0.25, 0.3) is 0 Å². The van der Waals surface area contributed by atoms with Gasteiger partial charge in [-0.15, -0.1) is 0 Å². The molecule has 0 saturated heterocycles. The van der Waals surface area contributed by atoms with Crippen LogP contribution < -0.4 is 11.1 Å². The summed E-state index contributed by atoms with van der Waals surface area (Å²) in [5.74, 6) is 1.92. The predicted octanol–water partition coefficient (Wildman–Crippen LogP) is 2.27. The monoisotopic (exact) mass is 282 g/mol. The smallest absolute Gasteiger partial charge is 0.225 e. The van der Waals surface area contributed by atoms with E-state index in [0.29, 0.717) is 12.1 Å². The summed E-state index contributed by atoms with van der Waals surface area (Å²) in [6.45, 7) is 4.12. The van der Waals surface area contributed by atoms with E-state index in [1.54, 1.807) is 17.8 Å². The number of hydrogen-bond donors (Lipinski definition) is 3. The van der Waals surface area contributed by atoms with E-state index in [1.807, 2.05) is 26.0 Å². The van der Waals surface area contributed by atoms with Crippen molar-refractivity contribution >= 4 is 29.0 Å². The van der Waals surface area contributed by atoms with Crippen LogP contribution in [0.5, 0.6) is 0 Å². The first-order chi connectivity index (χ1) is 9.02. The molecule has 0 spiro atoms. The number of anilines is 2. The van der Waals surface area contributed by atoms with E-state index >= 15 is 0 Å². The number of carbonyl (C=O) groups is 1. The Hall–Kier alpha value is -1.20. The summed E-state index contributed by atoms with van der Waals surface area (Å²) in [5, 5.41) is 11.8. The second kappa shape index (κ2) is 8.07. The molecule has 0 aromatic heterocycles. The topological polar surface area (TPSA) is 75.3 Å². The third-order valence-electron chi connectivity index (χ3n) is 2.72. The maximum absolute atomic E-state index is 11.8. The Kier molecular flexibility index (Phi) is 6.73. The van der Waals surface area contributed by atoms with E-state index in [2.05, 4.69) is 5.32 Å². The van der Waals surface area contributed by atoms with Crippen LogP contribution in [0.1, 0.15) is 18.9 Å². The van der Waals surface area contributed by atoms with Crippen LogP contribution in [0.4, 0.5) is 11.4 Å². The zero-order chi connectivity index (χ0) is 14.3. The minimum atomic E-state index is -0.00199. The molecule has 0 saturated carbocycles. The quantitative estimate of drug-likeness (QED) is 0.530. The molecule has 0 heterocycles. The third kappa shape index (κ3) is 5.98. The summed E-state index contributed by atoms with van der Waals surface area (Å²) in [5.41, 5.74) is 8.12. The van der Waals surface area contributed by atoms with Gasteiger partial charge in [0.05, 0.1) is 0 Å².